The van der Waals surface area contributed by atoms with Crippen LogP contribution in [0.4, 0.5) is 5.69 Å². The number of nitriles is 1. The monoisotopic (exact) mass is 248 g/mol. The molecule has 1 aliphatic rings. The molecule has 1 aromatic rings. The Hall–Kier alpha value is -1.20. The Kier molecular flexibility index (Phi) is 3.91. The first kappa shape index (κ1) is 12.3. The van der Waals surface area contributed by atoms with Gasteiger partial charge in [0.2, 0.25) is 0 Å². The van der Waals surface area contributed by atoms with Crippen LogP contribution in [-0.2, 0) is 0 Å². The average Bonchev–Trinajstić information content (AvgIpc) is 2.82. The van der Waals surface area contributed by atoms with Gasteiger partial charge in [-0.2, -0.15) is 5.26 Å². The fourth-order valence-electron chi connectivity index (χ4n) is 2.53. The Labute approximate surface area is 108 Å². The van der Waals surface area contributed by atoms with Crippen LogP contribution < -0.4 is 5.32 Å². The Balaban J connectivity index is 2.03. The number of anilines is 1. The maximum Gasteiger partial charge on any atom is 0.101 e. The summed E-state index contributed by atoms with van der Waals surface area (Å²) in [6.07, 6.45) is 5.34. The second-order valence-corrected chi connectivity index (χ2v) is 5.19. The third-order valence-corrected chi connectivity index (χ3v) is 3.90. The van der Waals surface area contributed by atoms with Crippen molar-refractivity contribution in [3.8, 4) is 6.07 Å². The zero-order chi connectivity index (χ0) is 12.3. The summed E-state index contributed by atoms with van der Waals surface area (Å²) in [6.45, 7) is 2.22. The number of benzene rings is 1. The quantitative estimate of drug-likeness (QED) is 0.870. The van der Waals surface area contributed by atoms with Gasteiger partial charge in [-0.25, -0.2) is 0 Å². The minimum Gasteiger partial charge on any atom is -0.382 e. The minimum absolute atomic E-state index is 0.474. The predicted octanol–water partition coefficient (Wildman–Crippen LogP) is 4.20. The molecule has 1 atom stereocenters. The van der Waals surface area contributed by atoms with Gasteiger partial charge in [0.1, 0.15) is 6.07 Å². The Morgan fingerprint density at radius 2 is 2.12 bits per heavy atom. The molecule has 3 heteroatoms. The molecular weight excluding hydrogens is 232 g/mol. The molecule has 1 saturated carbocycles. The number of nitrogens with zero attached hydrogens (tertiary/aromatic N) is 1. The highest BCUT2D eigenvalue weighted by molar-refractivity contribution is 6.32. The first-order valence-corrected chi connectivity index (χ1v) is 6.54. The molecular formula is C14H17ClN2. The van der Waals surface area contributed by atoms with E-state index in [9.17, 15) is 0 Å². The summed E-state index contributed by atoms with van der Waals surface area (Å²) < 4.78 is 0. The van der Waals surface area contributed by atoms with Crippen molar-refractivity contribution >= 4 is 17.3 Å². The van der Waals surface area contributed by atoms with Crippen molar-refractivity contribution in [2.45, 2.75) is 38.6 Å². The highest BCUT2D eigenvalue weighted by Crippen LogP contribution is 2.30. The van der Waals surface area contributed by atoms with E-state index in [0.717, 1.165) is 11.6 Å². The van der Waals surface area contributed by atoms with Crippen LogP contribution in [0.5, 0.6) is 0 Å². The number of hydrogen-bond donors (Lipinski definition) is 1. The van der Waals surface area contributed by atoms with E-state index in [-0.39, 0.29) is 0 Å². The highest BCUT2D eigenvalue weighted by Gasteiger charge is 2.21. The first-order valence-electron chi connectivity index (χ1n) is 6.17. The van der Waals surface area contributed by atoms with Crippen molar-refractivity contribution in [1.29, 1.82) is 5.26 Å². The van der Waals surface area contributed by atoms with E-state index in [2.05, 4.69) is 18.3 Å². The van der Waals surface area contributed by atoms with Crippen LogP contribution in [0.2, 0.25) is 5.02 Å². The molecule has 0 saturated heterocycles. The first-order chi connectivity index (χ1) is 8.20. The van der Waals surface area contributed by atoms with Crippen LogP contribution in [0, 0.1) is 17.2 Å². The van der Waals surface area contributed by atoms with Crippen LogP contribution in [0.1, 0.15) is 38.2 Å². The molecule has 17 heavy (non-hydrogen) atoms. The molecule has 2 nitrogen and oxygen atoms in total. The van der Waals surface area contributed by atoms with Gasteiger partial charge >= 0.3 is 0 Å². The van der Waals surface area contributed by atoms with Crippen molar-refractivity contribution in [2.75, 3.05) is 5.32 Å². The summed E-state index contributed by atoms with van der Waals surface area (Å²) in [5.74, 6) is 0.768. The number of hydrogen-bond acceptors (Lipinski definition) is 2. The Morgan fingerprint density at radius 1 is 1.41 bits per heavy atom. The fourth-order valence-corrected chi connectivity index (χ4v) is 2.76. The lowest BCUT2D eigenvalue weighted by Crippen LogP contribution is -2.23. The summed E-state index contributed by atoms with van der Waals surface area (Å²) in [6, 6.07) is 8.08. The lowest BCUT2D eigenvalue weighted by molar-refractivity contribution is 0.482. The summed E-state index contributed by atoms with van der Waals surface area (Å²) in [5, 5.41) is 12.8. The molecule has 0 bridgehead atoms. The van der Waals surface area contributed by atoms with Crippen molar-refractivity contribution in [3.05, 3.63) is 28.8 Å². The van der Waals surface area contributed by atoms with E-state index in [1.807, 2.05) is 12.1 Å². The van der Waals surface area contributed by atoms with Crippen molar-refractivity contribution in [1.82, 2.24) is 0 Å². The maximum atomic E-state index is 8.81. The van der Waals surface area contributed by atoms with Crippen LogP contribution in [-0.4, -0.2) is 6.04 Å². The van der Waals surface area contributed by atoms with Crippen molar-refractivity contribution in [3.63, 3.8) is 0 Å². The van der Waals surface area contributed by atoms with Gasteiger partial charge in [-0.1, -0.05) is 24.4 Å². The maximum absolute atomic E-state index is 8.81. The number of halogens is 1. The van der Waals surface area contributed by atoms with Crippen LogP contribution in [0.3, 0.4) is 0 Å². The molecule has 1 aromatic carbocycles. The van der Waals surface area contributed by atoms with Crippen molar-refractivity contribution in [2.24, 2.45) is 5.92 Å². The molecule has 0 spiro atoms. The lowest BCUT2D eigenvalue weighted by atomic mass is 9.99. The van der Waals surface area contributed by atoms with Gasteiger partial charge in [0.05, 0.1) is 10.6 Å². The van der Waals surface area contributed by atoms with Crippen molar-refractivity contribution < 1.29 is 0 Å². The predicted molar refractivity (Wildman–Crippen MR) is 71.2 cm³/mol. The van der Waals surface area contributed by atoms with E-state index in [4.69, 9.17) is 16.9 Å². The Bertz CT molecular complexity index is 430. The van der Waals surface area contributed by atoms with E-state index in [1.54, 1.807) is 6.07 Å². The molecule has 1 N–H and O–H groups in total. The normalized spacial score (nSPS) is 17.7. The van der Waals surface area contributed by atoms with E-state index >= 15 is 0 Å². The van der Waals surface area contributed by atoms with Gasteiger partial charge in [-0.15, -0.1) is 0 Å². The van der Waals surface area contributed by atoms with Crippen LogP contribution >= 0.6 is 11.6 Å². The van der Waals surface area contributed by atoms with Gasteiger partial charge in [0.15, 0.2) is 0 Å². The smallest absolute Gasteiger partial charge is 0.101 e. The molecule has 2 rings (SSSR count). The molecule has 0 amide bonds. The topological polar surface area (TPSA) is 35.8 Å². The van der Waals surface area contributed by atoms with E-state index in [0.29, 0.717) is 16.6 Å². The lowest BCUT2D eigenvalue weighted by Gasteiger charge is -2.21. The summed E-state index contributed by atoms with van der Waals surface area (Å²) >= 11 is 6.01. The summed E-state index contributed by atoms with van der Waals surface area (Å²) in [4.78, 5) is 0. The van der Waals surface area contributed by atoms with E-state index < -0.39 is 0 Å². The van der Waals surface area contributed by atoms with Gasteiger partial charge in [0, 0.05) is 11.7 Å². The van der Waals surface area contributed by atoms with Gasteiger partial charge in [0.25, 0.3) is 0 Å². The average molecular weight is 249 g/mol. The van der Waals surface area contributed by atoms with Gasteiger partial charge in [-0.05, 0) is 43.9 Å². The van der Waals surface area contributed by atoms with Crippen LogP contribution in [0.15, 0.2) is 18.2 Å². The molecule has 0 aromatic heterocycles. The minimum atomic E-state index is 0.474. The van der Waals surface area contributed by atoms with E-state index in [1.165, 1.54) is 25.7 Å². The fraction of sp³-hybridized carbons (Fsp3) is 0.500. The third-order valence-electron chi connectivity index (χ3n) is 3.59. The molecule has 0 radical (unpaired) electrons. The van der Waals surface area contributed by atoms with Gasteiger partial charge in [-0.3, -0.25) is 0 Å². The summed E-state index contributed by atoms with van der Waals surface area (Å²) in [5.41, 5.74) is 1.54. The Morgan fingerprint density at radius 3 is 2.71 bits per heavy atom. The second kappa shape index (κ2) is 5.42. The molecule has 1 fully saturated rings. The molecule has 0 heterocycles. The molecule has 1 aliphatic carbocycles. The zero-order valence-electron chi connectivity index (χ0n) is 10.0. The third kappa shape index (κ3) is 2.92. The van der Waals surface area contributed by atoms with Crippen LogP contribution in [0.25, 0.3) is 0 Å². The zero-order valence-corrected chi connectivity index (χ0v) is 10.8. The second-order valence-electron chi connectivity index (χ2n) is 4.78. The SMILES string of the molecule is CC(Nc1ccc(C#N)c(Cl)c1)C1CCCC1. The molecule has 0 aliphatic heterocycles. The standard InChI is InChI=1S/C14H17ClN2/c1-10(11-4-2-3-5-11)17-13-7-6-12(9-16)14(15)8-13/h6-8,10-11,17H,2-5H2,1H3. The highest BCUT2D eigenvalue weighted by atomic mass is 35.5. The van der Waals surface area contributed by atoms with Gasteiger partial charge < -0.3 is 5.32 Å². The number of nitrogens with one attached hydrogen (secondary N) is 1. The largest absolute Gasteiger partial charge is 0.382 e. The molecule has 90 valence electrons. The summed E-state index contributed by atoms with van der Waals surface area (Å²) in [7, 11) is 0. The molecule has 1 unspecified atom stereocenters. The number of rotatable bonds is 3.